The van der Waals surface area contributed by atoms with Crippen LogP contribution in [0.4, 0.5) is 0 Å². The van der Waals surface area contributed by atoms with Crippen LogP contribution in [0.25, 0.3) is 0 Å². The number of aliphatic imine (C=N–C) groups is 1. The summed E-state index contributed by atoms with van der Waals surface area (Å²) in [5.41, 5.74) is 10.4. The molecule has 0 bridgehead atoms. The van der Waals surface area contributed by atoms with E-state index in [2.05, 4.69) is 23.7 Å². The van der Waals surface area contributed by atoms with Crippen molar-refractivity contribution in [2.75, 3.05) is 26.2 Å². The number of rotatable bonds is 6. The minimum atomic E-state index is -5.17. The Morgan fingerprint density at radius 3 is 1.94 bits per heavy atom. The maximum absolute atomic E-state index is 8.52. The third-order valence-corrected chi connectivity index (χ3v) is 1.82. The van der Waals surface area contributed by atoms with E-state index < -0.39 is 10.4 Å². The molecule has 0 unspecified atom stereocenters. The standard InChI is InChI=1S/C8H20N4.H2O4S/c1-3-12(4-2)7-5-6-11-8(9)10;1-5(2,3)4/h3-7H2,1-2H3,(H4,9,10,11);(H2,1,2,3,4)/p-2. The first-order valence-corrected chi connectivity index (χ1v) is 6.48. The van der Waals surface area contributed by atoms with Crippen molar-refractivity contribution >= 4 is 16.4 Å². The van der Waals surface area contributed by atoms with Gasteiger partial charge < -0.3 is 25.5 Å². The maximum Gasteiger partial charge on any atom is 0.185 e. The molecule has 0 amide bonds. The molecule has 8 nitrogen and oxygen atoms in total. The SMILES string of the molecule is CCN(CC)CCCN=C(N)N.O=S(=O)([O-])[O-]. The van der Waals surface area contributed by atoms with Crippen LogP contribution in [-0.2, 0) is 10.4 Å². The second-order valence-corrected chi connectivity index (χ2v) is 3.91. The third kappa shape index (κ3) is 25.4. The summed E-state index contributed by atoms with van der Waals surface area (Å²) in [5.74, 6) is 0.189. The Labute approximate surface area is 102 Å². The number of nitrogens with two attached hydrogens (primary N) is 2. The summed E-state index contributed by atoms with van der Waals surface area (Å²) in [6, 6.07) is 0. The molecule has 0 aromatic rings. The van der Waals surface area contributed by atoms with E-state index in [0.29, 0.717) is 0 Å². The largest absolute Gasteiger partial charge is 0.759 e. The minimum Gasteiger partial charge on any atom is -0.759 e. The van der Waals surface area contributed by atoms with E-state index in [1.54, 1.807) is 0 Å². The molecule has 0 saturated heterocycles. The van der Waals surface area contributed by atoms with Crippen molar-refractivity contribution in [2.45, 2.75) is 20.3 Å². The monoisotopic (exact) mass is 268 g/mol. The lowest BCUT2D eigenvalue weighted by Crippen LogP contribution is -2.26. The zero-order valence-corrected chi connectivity index (χ0v) is 10.9. The van der Waals surface area contributed by atoms with Crippen molar-refractivity contribution in [3.8, 4) is 0 Å². The molecule has 4 N–H and O–H groups in total. The van der Waals surface area contributed by atoms with Gasteiger partial charge in [0.15, 0.2) is 5.96 Å². The van der Waals surface area contributed by atoms with Crippen LogP contribution < -0.4 is 11.5 Å². The fraction of sp³-hybridized carbons (Fsp3) is 0.875. The van der Waals surface area contributed by atoms with Gasteiger partial charge in [0.05, 0.1) is 0 Å². The van der Waals surface area contributed by atoms with Gasteiger partial charge in [0.1, 0.15) is 0 Å². The van der Waals surface area contributed by atoms with E-state index in [9.17, 15) is 0 Å². The van der Waals surface area contributed by atoms with E-state index in [1.807, 2.05) is 0 Å². The van der Waals surface area contributed by atoms with Crippen LogP contribution >= 0.6 is 0 Å². The molecule has 0 rings (SSSR count). The smallest absolute Gasteiger partial charge is 0.185 e. The molecule has 0 heterocycles. The van der Waals surface area contributed by atoms with Crippen molar-refractivity contribution in [2.24, 2.45) is 16.5 Å². The summed E-state index contributed by atoms with van der Waals surface area (Å²) < 4.78 is 34.1. The minimum absolute atomic E-state index is 0.189. The normalized spacial score (nSPS) is 10.6. The molecule has 0 aromatic carbocycles. The Morgan fingerprint density at radius 1 is 1.24 bits per heavy atom. The van der Waals surface area contributed by atoms with Crippen LogP contribution in [0.2, 0.25) is 0 Å². The lowest BCUT2D eigenvalue weighted by molar-refractivity contribution is 0.302. The van der Waals surface area contributed by atoms with Crippen molar-refractivity contribution in [3.05, 3.63) is 0 Å². The Balaban J connectivity index is 0. The molecule has 0 saturated carbocycles. The Hall–Kier alpha value is -0.900. The van der Waals surface area contributed by atoms with Crippen LogP contribution in [0.3, 0.4) is 0 Å². The molecule has 104 valence electrons. The highest BCUT2D eigenvalue weighted by Crippen LogP contribution is 1.90. The van der Waals surface area contributed by atoms with Crippen molar-refractivity contribution in [3.63, 3.8) is 0 Å². The van der Waals surface area contributed by atoms with Crippen LogP contribution in [-0.4, -0.2) is 54.6 Å². The summed E-state index contributed by atoms with van der Waals surface area (Å²) >= 11 is 0. The summed E-state index contributed by atoms with van der Waals surface area (Å²) in [7, 11) is -5.17. The van der Waals surface area contributed by atoms with E-state index in [4.69, 9.17) is 29.0 Å². The fourth-order valence-corrected chi connectivity index (χ4v) is 1.04. The summed E-state index contributed by atoms with van der Waals surface area (Å²) in [6.07, 6.45) is 1.03. The summed E-state index contributed by atoms with van der Waals surface area (Å²) in [5, 5.41) is 0. The van der Waals surface area contributed by atoms with Gasteiger partial charge in [0.25, 0.3) is 0 Å². The predicted octanol–water partition coefficient (Wildman–Crippen LogP) is -1.35. The molecule has 0 aliphatic rings. The molecule has 0 spiro atoms. The predicted molar refractivity (Wildman–Crippen MR) is 63.6 cm³/mol. The van der Waals surface area contributed by atoms with Crippen LogP contribution in [0, 0.1) is 0 Å². The van der Waals surface area contributed by atoms with Gasteiger partial charge in [-0.1, -0.05) is 13.8 Å². The maximum atomic E-state index is 8.52. The lowest BCUT2D eigenvalue weighted by atomic mass is 10.4. The molecule has 9 heteroatoms. The highest BCUT2D eigenvalue weighted by atomic mass is 32.3. The second kappa shape index (κ2) is 10.3. The molecule has 17 heavy (non-hydrogen) atoms. The molecular weight excluding hydrogens is 248 g/mol. The van der Waals surface area contributed by atoms with Gasteiger partial charge in [0, 0.05) is 16.9 Å². The van der Waals surface area contributed by atoms with Gasteiger partial charge in [-0.25, -0.2) is 0 Å². The Kier molecular flexibility index (Phi) is 11.2. The number of nitrogens with zero attached hydrogens (tertiary/aromatic N) is 2. The van der Waals surface area contributed by atoms with Crippen LogP contribution in [0.15, 0.2) is 4.99 Å². The van der Waals surface area contributed by atoms with Crippen LogP contribution in [0.1, 0.15) is 20.3 Å². The van der Waals surface area contributed by atoms with Gasteiger partial charge in [-0.15, -0.1) is 0 Å². The molecule has 0 aromatic heterocycles. The van der Waals surface area contributed by atoms with Crippen molar-refractivity contribution in [1.29, 1.82) is 0 Å². The lowest BCUT2D eigenvalue weighted by Gasteiger charge is -2.16. The Morgan fingerprint density at radius 2 is 1.65 bits per heavy atom. The topological polar surface area (TPSA) is 148 Å². The van der Waals surface area contributed by atoms with Gasteiger partial charge in [0.2, 0.25) is 0 Å². The third-order valence-electron chi connectivity index (χ3n) is 1.82. The zero-order valence-electron chi connectivity index (χ0n) is 10.1. The number of hydrogen-bond donors (Lipinski definition) is 2. The number of guanidine groups is 1. The molecule has 0 radical (unpaired) electrons. The van der Waals surface area contributed by atoms with E-state index in [0.717, 1.165) is 32.6 Å². The zero-order chi connectivity index (χ0) is 13.9. The highest BCUT2D eigenvalue weighted by molar-refractivity contribution is 7.79. The van der Waals surface area contributed by atoms with E-state index >= 15 is 0 Å². The average molecular weight is 268 g/mol. The van der Waals surface area contributed by atoms with Crippen molar-refractivity contribution in [1.82, 2.24) is 4.90 Å². The highest BCUT2D eigenvalue weighted by Gasteiger charge is 1.96. The van der Waals surface area contributed by atoms with Crippen molar-refractivity contribution < 1.29 is 17.5 Å². The number of hydrogen-bond acceptors (Lipinski definition) is 6. The summed E-state index contributed by atoms with van der Waals surface area (Å²) in [4.78, 5) is 6.26. The van der Waals surface area contributed by atoms with E-state index in [-0.39, 0.29) is 5.96 Å². The molecular formula is C8H20N4O4S-2. The molecule has 0 aliphatic carbocycles. The van der Waals surface area contributed by atoms with Gasteiger partial charge in [-0.05, 0) is 26.1 Å². The first kappa shape index (κ1) is 18.5. The molecule has 0 atom stereocenters. The van der Waals surface area contributed by atoms with Crippen LogP contribution in [0.5, 0.6) is 0 Å². The first-order valence-electron chi connectivity index (χ1n) is 5.15. The van der Waals surface area contributed by atoms with E-state index in [1.165, 1.54) is 0 Å². The second-order valence-electron chi connectivity index (χ2n) is 3.10. The first-order chi connectivity index (χ1) is 7.70. The molecule has 0 fully saturated rings. The fourth-order valence-electron chi connectivity index (χ4n) is 1.04. The van der Waals surface area contributed by atoms with Gasteiger partial charge >= 0.3 is 0 Å². The van der Waals surface area contributed by atoms with Gasteiger partial charge in [-0.2, -0.15) is 0 Å². The Bertz CT molecular complexity index is 289. The molecule has 0 aliphatic heterocycles. The summed E-state index contributed by atoms with van der Waals surface area (Å²) in [6.45, 7) is 8.31. The quantitative estimate of drug-likeness (QED) is 0.199. The average Bonchev–Trinajstić information content (AvgIpc) is 2.15. The van der Waals surface area contributed by atoms with Gasteiger partial charge in [-0.3, -0.25) is 13.4 Å².